The van der Waals surface area contributed by atoms with Gasteiger partial charge in [-0.15, -0.1) is 0 Å². The summed E-state index contributed by atoms with van der Waals surface area (Å²) in [6.07, 6.45) is -0.564. The first-order valence-electron chi connectivity index (χ1n) is 7.52. The fourth-order valence-corrected chi connectivity index (χ4v) is 2.97. The highest BCUT2D eigenvalue weighted by molar-refractivity contribution is 6.74. The van der Waals surface area contributed by atoms with Crippen molar-refractivity contribution < 1.29 is 18.7 Å². The van der Waals surface area contributed by atoms with Crippen molar-refractivity contribution in [3.63, 3.8) is 0 Å². The molecule has 0 aromatic carbocycles. The van der Waals surface area contributed by atoms with Crippen LogP contribution in [0.2, 0.25) is 18.1 Å². The molecule has 122 valence electrons. The molecule has 1 rings (SSSR count). The number of hydrogen-bond donors (Lipinski definition) is 0. The second kappa shape index (κ2) is 6.63. The van der Waals surface area contributed by atoms with Crippen LogP contribution in [0, 0.1) is 0 Å². The van der Waals surface area contributed by atoms with Gasteiger partial charge in [-0.2, -0.15) is 0 Å². The van der Waals surface area contributed by atoms with Gasteiger partial charge in [-0.05, 0) is 37.6 Å². The number of hydrogen-bond acceptors (Lipinski definition) is 4. The van der Waals surface area contributed by atoms with E-state index in [-0.39, 0.29) is 16.9 Å². The lowest BCUT2D eigenvalue weighted by Crippen LogP contribution is -2.49. The monoisotopic (exact) mass is 314 g/mol. The molecule has 0 spiro atoms. The van der Waals surface area contributed by atoms with E-state index in [4.69, 9.17) is 13.9 Å². The van der Waals surface area contributed by atoms with Crippen molar-refractivity contribution in [2.45, 2.75) is 71.4 Å². The Morgan fingerprint density at radius 1 is 1.33 bits per heavy atom. The maximum Gasteiger partial charge on any atom is 0.192 e. The van der Waals surface area contributed by atoms with Crippen LogP contribution in [0.4, 0.5) is 0 Å². The molecule has 2 atom stereocenters. The molecule has 4 nitrogen and oxygen atoms in total. The second-order valence-corrected chi connectivity index (χ2v) is 12.3. The summed E-state index contributed by atoms with van der Waals surface area (Å²) in [5.74, 6) is 0.834. The summed E-state index contributed by atoms with van der Waals surface area (Å²) in [4.78, 5) is 12.2. The van der Waals surface area contributed by atoms with Crippen molar-refractivity contribution in [1.29, 1.82) is 0 Å². The molecule has 0 saturated carbocycles. The van der Waals surface area contributed by atoms with Crippen LogP contribution in [0.5, 0.6) is 0 Å². The zero-order valence-electron chi connectivity index (χ0n) is 14.7. The lowest BCUT2D eigenvalue weighted by molar-refractivity contribution is -0.146. The van der Waals surface area contributed by atoms with E-state index in [0.717, 1.165) is 11.3 Å². The molecule has 1 fully saturated rings. The van der Waals surface area contributed by atoms with E-state index in [9.17, 15) is 4.79 Å². The summed E-state index contributed by atoms with van der Waals surface area (Å²) in [5, 5.41) is 0.133. The van der Waals surface area contributed by atoms with Gasteiger partial charge < -0.3 is 13.9 Å². The molecule has 0 N–H and O–H groups in total. The number of ketones is 1. The number of ether oxygens (including phenoxy) is 2. The van der Waals surface area contributed by atoms with Gasteiger partial charge in [0.2, 0.25) is 0 Å². The van der Waals surface area contributed by atoms with Crippen LogP contribution in [-0.2, 0) is 18.7 Å². The molecule has 0 bridgehead atoms. The molecular weight excluding hydrogens is 284 g/mol. The molecule has 1 aliphatic rings. The van der Waals surface area contributed by atoms with Crippen molar-refractivity contribution in [2.75, 3.05) is 13.7 Å². The Balaban J connectivity index is 2.83. The number of carbonyl (C=O) groups excluding carboxylic acids is 1. The highest BCUT2D eigenvalue weighted by Crippen LogP contribution is 2.37. The van der Waals surface area contributed by atoms with Crippen LogP contribution in [-0.4, -0.2) is 40.0 Å². The fraction of sp³-hybridized carbons (Fsp3) is 0.812. The van der Waals surface area contributed by atoms with Gasteiger partial charge in [-0.25, -0.2) is 0 Å². The minimum Gasteiger partial charge on any atom is -0.489 e. The minimum absolute atomic E-state index is 0.0729. The molecule has 0 aromatic heterocycles. The minimum atomic E-state index is -1.87. The SMILES string of the molecule is CO[C@H]1C(=O)CC(=C(C)C)O[C@@H]1CO[Si](C)(C)C(C)(C)C. The summed E-state index contributed by atoms with van der Waals surface area (Å²) in [6, 6.07) is 0. The molecule has 0 aliphatic carbocycles. The Morgan fingerprint density at radius 3 is 2.33 bits per heavy atom. The van der Waals surface area contributed by atoms with Crippen LogP contribution in [0.15, 0.2) is 11.3 Å². The predicted molar refractivity (Wildman–Crippen MR) is 86.8 cm³/mol. The molecule has 1 saturated heterocycles. The summed E-state index contributed by atoms with van der Waals surface area (Å²) in [6.45, 7) is 15.3. The van der Waals surface area contributed by atoms with Crippen LogP contribution >= 0.6 is 0 Å². The number of Topliss-reactive ketones (excluding diaryl/α,β-unsaturated/α-hetero) is 1. The third-order valence-electron chi connectivity index (χ3n) is 4.51. The van der Waals surface area contributed by atoms with Gasteiger partial charge >= 0.3 is 0 Å². The Kier molecular flexibility index (Phi) is 5.81. The lowest BCUT2D eigenvalue weighted by atomic mass is 10.0. The zero-order valence-corrected chi connectivity index (χ0v) is 15.7. The van der Waals surface area contributed by atoms with E-state index < -0.39 is 14.4 Å². The van der Waals surface area contributed by atoms with Crippen molar-refractivity contribution in [2.24, 2.45) is 0 Å². The highest BCUT2D eigenvalue weighted by atomic mass is 28.4. The van der Waals surface area contributed by atoms with Crippen molar-refractivity contribution in [3.05, 3.63) is 11.3 Å². The summed E-state index contributed by atoms with van der Waals surface area (Å²) in [7, 11) is -0.311. The van der Waals surface area contributed by atoms with Gasteiger partial charge in [0.05, 0.1) is 13.0 Å². The molecule has 1 aliphatic heterocycles. The standard InChI is InChI=1S/C16H30O4Si/c1-11(2)13-9-12(17)15(18-6)14(20-13)10-19-21(7,8)16(3,4)5/h14-15H,9-10H2,1-8H3/t14-,15+/m1/s1. The second-order valence-electron chi connectivity index (χ2n) is 7.45. The molecule has 0 unspecified atom stereocenters. The Bertz CT molecular complexity index is 416. The van der Waals surface area contributed by atoms with Gasteiger partial charge in [0.25, 0.3) is 0 Å². The molecule has 1 heterocycles. The van der Waals surface area contributed by atoms with Crippen molar-refractivity contribution >= 4 is 14.1 Å². The summed E-state index contributed by atoms with van der Waals surface area (Å²) >= 11 is 0. The van der Waals surface area contributed by atoms with E-state index in [0.29, 0.717) is 13.0 Å². The Morgan fingerprint density at radius 2 is 1.90 bits per heavy atom. The Hall–Kier alpha value is -0.653. The molecule has 5 heteroatoms. The molecule has 21 heavy (non-hydrogen) atoms. The average molecular weight is 314 g/mol. The zero-order chi connectivity index (χ0) is 16.4. The highest BCUT2D eigenvalue weighted by Gasteiger charge is 2.41. The first-order chi connectivity index (χ1) is 9.49. The average Bonchev–Trinajstić information content (AvgIpc) is 2.34. The van der Waals surface area contributed by atoms with Crippen molar-refractivity contribution in [3.8, 4) is 0 Å². The van der Waals surface area contributed by atoms with Crippen molar-refractivity contribution in [1.82, 2.24) is 0 Å². The summed E-state index contributed by atoms with van der Waals surface area (Å²) in [5.41, 5.74) is 1.04. The van der Waals surface area contributed by atoms with Gasteiger partial charge in [0, 0.05) is 7.11 Å². The third-order valence-corrected chi connectivity index (χ3v) is 9.01. The third kappa shape index (κ3) is 4.41. The normalized spacial score (nSPS) is 24.0. The maximum atomic E-state index is 12.2. The fourth-order valence-electron chi connectivity index (χ4n) is 1.96. The van der Waals surface area contributed by atoms with Crippen LogP contribution in [0.1, 0.15) is 41.0 Å². The smallest absolute Gasteiger partial charge is 0.192 e. The summed E-state index contributed by atoms with van der Waals surface area (Å²) < 4.78 is 17.5. The largest absolute Gasteiger partial charge is 0.489 e. The van der Waals surface area contributed by atoms with Gasteiger partial charge in [-0.3, -0.25) is 4.79 Å². The van der Waals surface area contributed by atoms with Crippen LogP contribution in [0.3, 0.4) is 0 Å². The predicted octanol–water partition coefficient (Wildman–Crippen LogP) is 3.68. The molecular formula is C16H30O4Si. The maximum absolute atomic E-state index is 12.2. The number of carbonyl (C=O) groups is 1. The van der Waals surface area contributed by atoms with Crippen LogP contribution in [0.25, 0.3) is 0 Å². The lowest BCUT2D eigenvalue weighted by Gasteiger charge is -2.39. The van der Waals surface area contributed by atoms with Crippen LogP contribution < -0.4 is 0 Å². The first-order valence-corrected chi connectivity index (χ1v) is 10.4. The van der Waals surface area contributed by atoms with E-state index in [1.165, 1.54) is 0 Å². The first kappa shape index (κ1) is 18.4. The molecule has 0 aromatic rings. The van der Waals surface area contributed by atoms with E-state index in [1.807, 2.05) is 13.8 Å². The molecule has 0 radical (unpaired) electrons. The Labute approximate surface area is 130 Å². The number of allylic oxidation sites excluding steroid dienone is 2. The van der Waals surface area contributed by atoms with E-state index in [2.05, 4.69) is 33.9 Å². The topological polar surface area (TPSA) is 44.8 Å². The quantitative estimate of drug-likeness (QED) is 0.743. The molecule has 0 amide bonds. The van der Waals surface area contributed by atoms with Gasteiger partial charge in [0.1, 0.15) is 5.76 Å². The van der Waals surface area contributed by atoms with Gasteiger partial charge in [0.15, 0.2) is 26.3 Å². The van der Waals surface area contributed by atoms with E-state index >= 15 is 0 Å². The number of rotatable bonds is 4. The van der Waals surface area contributed by atoms with Gasteiger partial charge in [-0.1, -0.05) is 20.8 Å². The number of methoxy groups -OCH3 is 1. The van der Waals surface area contributed by atoms with E-state index in [1.54, 1.807) is 7.11 Å².